The van der Waals surface area contributed by atoms with Gasteiger partial charge in [-0.15, -0.1) is 0 Å². The zero-order valence-electron chi connectivity index (χ0n) is 13.6. The van der Waals surface area contributed by atoms with Crippen molar-refractivity contribution in [2.24, 2.45) is 0 Å². The van der Waals surface area contributed by atoms with E-state index in [1.165, 1.54) is 5.39 Å². The molecular formula is C20H16N4. The highest BCUT2D eigenvalue weighted by Crippen LogP contribution is 2.29. The van der Waals surface area contributed by atoms with Crippen molar-refractivity contribution < 1.29 is 0 Å². The van der Waals surface area contributed by atoms with Crippen LogP contribution in [-0.4, -0.2) is 19.9 Å². The molecule has 0 amide bonds. The number of hydrogen-bond acceptors (Lipinski definition) is 4. The Hall–Kier alpha value is -3.14. The standard InChI is InChI=1S/C20H16N4/c1-13-22-14(2)24-20(23-13)16-8-5-7-15(10-16)19-12-21-11-17-6-3-4-9-18(17)19/h3-12H,1-2H3. The SMILES string of the molecule is Cc1nc(C)nc(-c2cccc(-c3cncc4ccccc34)c2)n1. The summed E-state index contributed by atoms with van der Waals surface area (Å²) in [5.74, 6) is 2.17. The topological polar surface area (TPSA) is 51.6 Å². The van der Waals surface area contributed by atoms with Crippen LogP contribution in [-0.2, 0) is 0 Å². The average Bonchev–Trinajstić information content (AvgIpc) is 2.60. The Morgan fingerprint density at radius 1 is 0.708 bits per heavy atom. The van der Waals surface area contributed by atoms with E-state index in [1.807, 2.05) is 50.5 Å². The molecule has 4 heteroatoms. The molecule has 4 rings (SSSR count). The van der Waals surface area contributed by atoms with Gasteiger partial charge in [-0.3, -0.25) is 4.98 Å². The fourth-order valence-electron chi connectivity index (χ4n) is 2.92. The van der Waals surface area contributed by atoms with Crippen LogP contribution in [0.4, 0.5) is 0 Å². The zero-order chi connectivity index (χ0) is 16.5. The van der Waals surface area contributed by atoms with Crippen molar-refractivity contribution in [2.45, 2.75) is 13.8 Å². The molecule has 24 heavy (non-hydrogen) atoms. The van der Waals surface area contributed by atoms with Crippen LogP contribution in [0, 0.1) is 13.8 Å². The second-order valence-corrected chi connectivity index (χ2v) is 5.74. The first-order valence-electron chi connectivity index (χ1n) is 7.83. The first kappa shape index (κ1) is 14.5. The summed E-state index contributed by atoms with van der Waals surface area (Å²) in [5, 5.41) is 2.32. The minimum Gasteiger partial charge on any atom is -0.263 e. The van der Waals surface area contributed by atoms with Crippen LogP contribution < -0.4 is 0 Å². The number of hydrogen-bond donors (Lipinski definition) is 0. The van der Waals surface area contributed by atoms with Crippen molar-refractivity contribution in [3.05, 3.63) is 72.6 Å². The van der Waals surface area contributed by atoms with Gasteiger partial charge in [-0.1, -0.05) is 42.5 Å². The summed E-state index contributed by atoms with van der Waals surface area (Å²) < 4.78 is 0. The molecule has 2 heterocycles. The Morgan fingerprint density at radius 3 is 2.29 bits per heavy atom. The molecule has 2 aromatic carbocycles. The summed E-state index contributed by atoms with van der Waals surface area (Å²) in [5.41, 5.74) is 3.19. The summed E-state index contributed by atoms with van der Waals surface area (Å²) in [6.07, 6.45) is 3.80. The van der Waals surface area contributed by atoms with E-state index >= 15 is 0 Å². The van der Waals surface area contributed by atoms with Crippen molar-refractivity contribution in [2.75, 3.05) is 0 Å². The third kappa shape index (κ3) is 2.63. The van der Waals surface area contributed by atoms with Gasteiger partial charge >= 0.3 is 0 Å². The van der Waals surface area contributed by atoms with Crippen LogP contribution in [0.25, 0.3) is 33.3 Å². The molecule has 4 aromatic rings. The smallest absolute Gasteiger partial charge is 0.163 e. The summed E-state index contributed by atoms with van der Waals surface area (Å²) in [4.78, 5) is 17.6. The number of fused-ring (bicyclic) bond motifs is 1. The number of nitrogens with zero attached hydrogens (tertiary/aromatic N) is 4. The van der Waals surface area contributed by atoms with E-state index in [4.69, 9.17) is 0 Å². The van der Waals surface area contributed by atoms with Gasteiger partial charge in [0.25, 0.3) is 0 Å². The van der Waals surface area contributed by atoms with Crippen molar-refractivity contribution in [1.29, 1.82) is 0 Å². The molecular weight excluding hydrogens is 296 g/mol. The van der Waals surface area contributed by atoms with Crippen molar-refractivity contribution in [1.82, 2.24) is 19.9 Å². The van der Waals surface area contributed by atoms with Crippen LogP contribution >= 0.6 is 0 Å². The molecule has 116 valence electrons. The monoisotopic (exact) mass is 312 g/mol. The molecule has 0 radical (unpaired) electrons. The van der Waals surface area contributed by atoms with E-state index in [-0.39, 0.29) is 0 Å². The summed E-state index contributed by atoms with van der Waals surface area (Å²) >= 11 is 0. The van der Waals surface area contributed by atoms with Gasteiger partial charge in [-0.05, 0) is 30.9 Å². The summed E-state index contributed by atoms with van der Waals surface area (Å²) in [7, 11) is 0. The van der Waals surface area contributed by atoms with E-state index in [1.54, 1.807) is 0 Å². The molecule has 0 N–H and O–H groups in total. The van der Waals surface area contributed by atoms with Crippen LogP contribution in [0.5, 0.6) is 0 Å². The molecule has 0 bridgehead atoms. The van der Waals surface area contributed by atoms with E-state index < -0.39 is 0 Å². The summed E-state index contributed by atoms with van der Waals surface area (Å²) in [6, 6.07) is 16.5. The number of aromatic nitrogens is 4. The van der Waals surface area contributed by atoms with Gasteiger partial charge in [0.2, 0.25) is 0 Å². The fraction of sp³-hybridized carbons (Fsp3) is 0.100. The maximum absolute atomic E-state index is 4.46. The van der Waals surface area contributed by atoms with Crippen molar-refractivity contribution in [3.8, 4) is 22.5 Å². The van der Waals surface area contributed by atoms with Gasteiger partial charge in [-0.25, -0.2) is 15.0 Å². The lowest BCUT2D eigenvalue weighted by molar-refractivity contribution is 0.928. The Kier molecular flexibility index (Phi) is 3.50. The maximum atomic E-state index is 4.46. The highest BCUT2D eigenvalue weighted by Gasteiger charge is 2.08. The number of benzene rings is 2. The molecule has 0 fully saturated rings. The molecule has 0 aliphatic carbocycles. The third-order valence-electron chi connectivity index (χ3n) is 3.96. The second kappa shape index (κ2) is 5.81. The van der Waals surface area contributed by atoms with Crippen LogP contribution in [0.1, 0.15) is 11.6 Å². The quantitative estimate of drug-likeness (QED) is 0.551. The summed E-state index contributed by atoms with van der Waals surface area (Å²) in [6.45, 7) is 3.77. The second-order valence-electron chi connectivity index (χ2n) is 5.74. The number of pyridine rings is 1. The highest BCUT2D eigenvalue weighted by atomic mass is 15.0. The average molecular weight is 312 g/mol. The molecule has 4 nitrogen and oxygen atoms in total. The molecule has 0 saturated heterocycles. The van der Waals surface area contributed by atoms with Gasteiger partial charge < -0.3 is 0 Å². The Bertz CT molecular complexity index is 1010. The molecule has 0 aliphatic rings. The first-order chi connectivity index (χ1) is 11.7. The van der Waals surface area contributed by atoms with Gasteiger partial charge in [0.05, 0.1) is 0 Å². The fourth-order valence-corrected chi connectivity index (χ4v) is 2.92. The minimum atomic E-state index is 0.704. The predicted octanol–water partition coefficient (Wildman–Crippen LogP) is 4.37. The molecule has 0 unspecified atom stereocenters. The van der Waals surface area contributed by atoms with Crippen molar-refractivity contribution >= 4 is 10.8 Å². The lowest BCUT2D eigenvalue weighted by Crippen LogP contribution is -1.98. The minimum absolute atomic E-state index is 0.704. The van der Waals surface area contributed by atoms with Gasteiger partial charge in [0.15, 0.2) is 5.82 Å². The lowest BCUT2D eigenvalue weighted by atomic mass is 9.99. The molecule has 0 saturated carbocycles. The first-order valence-corrected chi connectivity index (χ1v) is 7.83. The highest BCUT2D eigenvalue weighted by molar-refractivity contribution is 5.96. The Morgan fingerprint density at radius 2 is 1.46 bits per heavy atom. The van der Waals surface area contributed by atoms with E-state index in [0.717, 1.165) is 33.7 Å². The normalized spacial score (nSPS) is 10.9. The largest absolute Gasteiger partial charge is 0.263 e. The number of aryl methyl sites for hydroxylation is 2. The third-order valence-corrected chi connectivity index (χ3v) is 3.96. The lowest BCUT2D eigenvalue weighted by Gasteiger charge is -2.08. The Balaban J connectivity index is 1.88. The van der Waals surface area contributed by atoms with Crippen LogP contribution in [0.3, 0.4) is 0 Å². The van der Waals surface area contributed by atoms with Gasteiger partial charge in [-0.2, -0.15) is 0 Å². The number of rotatable bonds is 2. The van der Waals surface area contributed by atoms with Gasteiger partial charge in [0, 0.05) is 28.9 Å². The predicted molar refractivity (Wildman–Crippen MR) is 95.5 cm³/mol. The van der Waals surface area contributed by atoms with E-state index in [0.29, 0.717) is 5.82 Å². The Labute approximate surface area is 140 Å². The van der Waals surface area contributed by atoms with E-state index in [2.05, 4.69) is 44.2 Å². The zero-order valence-corrected chi connectivity index (χ0v) is 13.6. The van der Waals surface area contributed by atoms with Crippen molar-refractivity contribution in [3.63, 3.8) is 0 Å². The van der Waals surface area contributed by atoms with Gasteiger partial charge in [0.1, 0.15) is 11.6 Å². The molecule has 0 aliphatic heterocycles. The molecule has 2 aromatic heterocycles. The molecule has 0 atom stereocenters. The van der Waals surface area contributed by atoms with E-state index in [9.17, 15) is 0 Å². The molecule has 0 spiro atoms. The maximum Gasteiger partial charge on any atom is 0.163 e. The van der Waals surface area contributed by atoms with Crippen LogP contribution in [0.15, 0.2) is 60.9 Å². The van der Waals surface area contributed by atoms with Crippen LogP contribution in [0.2, 0.25) is 0 Å².